The van der Waals surface area contributed by atoms with Gasteiger partial charge in [-0.2, -0.15) is 0 Å². The molecular weight excluding hydrogens is 204 g/mol. The Balaban J connectivity index is 2.12. The Labute approximate surface area is 94.8 Å². The molecule has 2 rings (SSSR count). The van der Waals surface area contributed by atoms with E-state index in [-0.39, 0.29) is 11.9 Å². The molecule has 0 saturated heterocycles. The van der Waals surface area contributed by atoms with Gasteiger partial charge in [-0.05, 0) is 30.7 Å². The molecule has 16 heavy (non-hydrogen) atoms. The Morgan fingerprint density at radius 2 is 2.44 bits per heavy atom. The highest BCUT2D eigenvalue weighted by Crippen LogP contribution is 2.25. The van der Waals surface area contributed by atoms with Crippen LogP contribution in [0, 0.1) is 0 Å². The summed E-state index contributed by atoms with van der Waals surface area (Å²) in [5.74, 6) is 0.816. The van der Waals surface area contributed by atoms with Gasteiger partial charge in [0, 0.05) is 24.6 Å². The Morgan fingerprint density at radius 3 is 3.19 bits per heavy atom. The molecule has 1 aliphatic rings. The van der Waals surface area contributed by atoms with E-state index in [1.807, 2.05) is 19.1 Å². The van der Waals surface area contributed by atoms with Gasteiger partial charge in [0.25, 0.3) is 5.91 Å². The third kappa shape index (κ3) is 2.17. The van der Waals surface area contributed by atoms with E-state index in [0.29, 0.717) is 18.7 Å². The molecule has 3 N–H and O–H groups in total. The Kier molecular flexibility index (Phi) is 3.10. The predicted molar refractivity (Wildman–Crippen MR) is 61.6 cm³/mol. The summed E-state index contributed by atoms with van der Waals surface area (Å²) in [4.78, 5) is 11.8. The van der Waals surface area contributed by atoms with Gasteiger partial charge in [-0.1, -0.05) is 0 Å². The maximum Gasteiger partial charge on any atom is 0.251 e. The topological polar surface area (TPSA) is 64.3 Å². The molecule has 1 aromatic carbocycles. The minimum Gasteiger partial charge on any atom is -0.493 e. The predicted octanol–water partition coefficient (Wildman–Crippen LogP) is 0.698. The second kappa shape index (κ2) is 4.53. The summed E-state index contributed by atoms with van der Waals surface area (Å²) < 4.78 is 5.38. The van der Waals surface area contributed by atoms with Crippen molar-refractivity contribution in [2.24, 2.45) is 5.73 Å². The maximum absolute atomic E-state index is 11.8. The average Bonchev–Trinajstić information content (AvgIpc) is 2.75. The summed E-state index contributed by atoms with van der Waals surface area (Å²) in [5, 5.41) is 2.83. The van der Waals surface area contributed by atoms with Crippen molar-refractivity contribution in [3.63, 3.8) is 0 Å². The molecule has 1 unspecified atom stereocenters. The van der Waals surface area contributed by atoms with E-state index < -0.39 is 0 Å². The van der Waals surface area contributed by atoms with Gasteiger partial charge in [-0.15, -0.1) is 0 Å². The van der Waals surface area contributed by atoms with Crippen LogP contribution in [0.15, 0.2) is 18.2 Å². The summed E-state index contributed by atoms with van der Waals surface area (Å²) in [6.45, 7) is 3.04. The summed E-state index contributed by atoms with van der Waals surface area (Å²) in [5.41, 5.74) is 7.23. The standard InChI is InChI=1S/C12H16N2O2/c1-8(7-13)14-12(15)10-2-3-11-9(6-10)4-5-16-11/h2-3,6,8H,4-5,7,13H2,1H3,(H,14,15). The number of carbonyl (C=O) groups excluding carboxylic acids is 1. The highest BCUT2D eigenvalue weighted by Gasteiger charge is 2.15. The molecule has 1 atom stereocenters. The van der Waals surface area contributed by atoms with Crippen molar-refractivity contribution in [1.82, 2.24) is 5.32 Å². The molecule has 0 saturated carbocycles. The second-order valence-corrected chi connectivity index (χ2v) is 4.03. The van der Waals surface area contributed by atoms with Crippen molar-refractivity contribution < 1.29 is 9.53 Å². The number of nitrogens with one attached hydrogen (secondary N) is 1. The molecule has 1 aliphatic heterocycles. The molecule has 1 aromatic rings. The molecule has 1 amide bonds. The number of hydrogen-bond acceptors (Lipinski definition) is 3. The molecule has 4 heteroatoms. The first-order valence-electron chi connectivity index (χ1n) is 5.47. The van der Waals surface area contributed by atoms with Crippen LogP contribution in [0.4, 0.5) is 0 Å². The molecular formula is C12H16N2O2. The van der Waals surface area contributed by atoms with Crippen LogP contribution in [0.1, 0.15) is 22.8 Å². The summed E-state index contributed by atoms with van der Waals surface area (Å²) >= 11 is 0. The smallest absolute Gasteiger partial charge is 0.251 e. The number of ether oxygens (including phenoxy) is 1. The van der Waals surface area contributed by atoms with Gasteiger partial charge in [0.05, 0.1) is 6.61 Å². The molecule has 1 heterocycles. The fourth-order valence-electron chi connectivity index (χ4n) is 1.69. The van der Waals surface area contributed by atoms with Gasteiger partial charge in [0.2, 0.25) is 0 Å². The Hall–Kier alpha value is -1.55. The minimum absolute atomic E-state index is 0.00277. The van der Waals surface area contributed by atoms with Crippen LogP contribution < -0.4 is 15.8 Å². The Bertz CT molecular complexity index is 404. The first kappa shape index (κ1) is 11.0. The van der Waals surface area contributed by atoms with Crippen LogP contribution in [0.2, 0.25) is 0 Å². The molecule has 0 spiro atoms. The number of rotatable bonds is 3. The van der Waals surface area contributed by atoms with Crippen LogP contribution in [0.5, 0.6) is 5.75 Å². The number of benzene rings is 1. The molecule has 4 nitrogen and oxygen atoms in total. The van der Waals surface area contributed by atoms with Gasteiger partial charge < -0.3 is 15.8 Å². The van der Waals surface area contributed by atoms with Crippen molar-refractivity contribution in [1.29, 1.82) is 0 Å². The van der Waals surface area contributed by atoms with Crippen LogP contribution in [-0.4, -0.2) is 25.1 Å². The average molecular weight is 220 g/mol. The van der Waals surface area contributed by atoms with Crippen LogP contribution >= 0.6 is 0 Å². The number of carbonyl (C=O) groups is 1. The monoisotopic (exact) mass is 220 g/mol. The van der Waals surface area contributed by atoms with E-state index in [4.69, 9.17) is 10.5 Å². The molecule has 0 aliphatic carbocycles. The molecule has 0 fully saturated rings. The number of amides is 1. The van der Waals surface area contributed by atoms with Crippen LogP contribution in [-0.2, 0) is 6.42 Å². The van der Waals surface area contributed by atoms with Crippen molar-refractivity contribution in [3.8, 4) is 5.75 Å². The highest BCUT2D eigenvalue weighted by atomic mass is 16.5. The number of nitrogens with two attached hydrogens (primary N) is 1. The lowest BCUT2D eigenvalue weighted by Crippen LogP contribution is -2.37. The lowest BCUT2D eigenvalue weighted by Gasteiger charge is -2.11. The second-order valence-electron chi connectivity index (χ2n) is 4.03. The first-order valence-corrected chi connectivity index (χ1v) is 5.47. The highest BCUT2D eigenvalue weighted by molar-refractivity contribution is 5.94. The molecule has 0 aromatic heterocycles. The maximum atomic E-state index is 11.8. The zero-order chi connectivity index (χ0) is 11.5. The number of hydrogen-bond donors (Lipinski definition) is 2. The summed E-state index contributed by atoms with van der Waals surface area (Å²) in [6, 6.07) is 5.52. The molecule has 0 bridgehead atoms. The van der Waals surface area contributed by atoms with Gasteiger partial charge in [-0.25, -0.2) is 0 Å². The van der Waals surface area contributed by atoms with E-state index in [1.54, 1.807) is 6.07 Å². The third-order valence-electron chi connectivity index (χ3n) is 2.68. The van der Waals surface area contributed by atoms with Crippen molar-refractivity contribution in [2.75, 3.05) is 13.2 Å². The normalized spacial score (nSPS) is 15.1. The van der Waals surface area contributed by atoms with Crippen LogP contribution in [0.25, 0.3) is 0 Å². The van der Waals surface area contributed by atoms with E-state index >= 15 is 0 Å². The minimum atomic E-state index is -0.0762. The van der Waals surface area contributed by atoms with Gasteiger partial charge >= 0.3 is 0 Å². The SMILES string of the molecule is CC(CN)NC(=O)c1ccc2c(c1)CCO2. The van der Waals surface area contributed by atoms with Crippen molar-refractivity contribution in [3.05, 3.63) is 29.3 Å². The van der Waals surface area contributed by atoms with E-state index in [2.05, 4.69) is 5.32 Å². The fraction of sp³-hybridized carbons (Fsp3) is 0.417. The largest absolute Gasteiger partial charge is 0.493 e. The quantitative estimate of drug-likeness (QED) is 0.788. The molecule has 86 valence electrons. The lowest BCUT2D eigenvalue weighted by molar-refractivity contribution is 0.0941. The van der Waals surface area contributed by atoms with Gasteiger partial charge in [0.1, 0.15) is 5.75 Å². The van der Waals surface area contributed by atoms with E-state index in [9.17, 15) is 4.79 Å². The zero-order valence-electron chi connectivity index (χ0n) is 9.32. The fourth-order valence-corrected chi connectivity index (χ4v) is 1.69. The first-order chi connectivity index (χ1) is 7.70. The summed E-state index contributed by atoms with van der Waals surface area (Å²) in [6.07, 6.45) is 0.878. The van der Waals surface area contributed by atoms with Gasteiger partial charge in [0.15, 0.2) is 0 Å². The Morgan fingerprint density at radius 1 is 1.62 bits per heavy atom. The van der Waals surface area contributed by atoms with Crippen molar-refractivity contribution in [2.45, 2.75) is 19.4 Å². The van der Waals surface area contributed by atoms with Crippen LogP contribution in [0.3, 0.4) is 0 Å². The van der Waals surface area contributed by atoms with E-state index in [0.717, 1.165) is 17.7 Å². The van der Waals surface area contributed by atoms with Crippen molar-refractivity contribution >= 4 is 5.91 Å². The molecule has 0 radical (unpaired) electrons. The zero-order valence-corrected chi connectivity index (χ0v) is 9.32. The third-order valence-corrected chi connectivity index (χ3v) is 2.68. The van der Waals surface area contributed by atoms with Gasteiger partial charge in [-0.3, -0.25) is 4.79 Å². The van der Waals surface area contributed by atoms with E-state index in [1.165, 1.54) is 0 Å². The number of fused-ring (bicyclic) bond motifs is 1. The summed E-state index contributed by atoms with van der Waals surface area (Å²) in [7, 11) is 0. The lowest BCUT2D eigenvalue weighted by atomic mass is 10.1.